The zero-order valence-corrected chi connectivity index (χ0v) is 9.15. The molecule has 0 amide bonds. The quantitative estimate of drug-likeness (QED) is 0.890. The molecule has 0 spiro atoms. The summed E-state index contributed by atoms with van der Waals surface area (Å²) in [5, 5.41) is 14.9. The first kappa shape index (κ1) is 12.1. The van der Waals surface area contributed by atoms with Crippen molar-refractivity contribution in [1.29, 1.82) is 5.26 Å². The topological polar surface area (TPSA) is 74.7 Å². The lowest BCUT2D eigenvalue weighted by atomic mass is 10.1. The number of hydrogen-bond donors (Lipinski definition) is 1. The number of aromatic nitrogens is 2. The molecule has 2 rings (SSSR count). The third-order valence-corrected chi connectivity index (χ3v) is 2.26. The van der Waals surface area contributed by atoms with Gasteiger partial charge in [-0.05, 0) is 12.1 Å². The van der Waals surface area contributed by atoms with Crippen molar-refractivity contribution in [1.82, 2.24) is 15.5 Å². The fraction of sp³-hybridized carbons (Fsp3) is 0.182. The van der Waals surface area contributed by atoms with Crippen LogP contribution < -0.4 is 5.32 Å². The van der Waals surface area contributed by atoms with Crippen LogP contribution >= 0.6 is 0 Å². The van der Waals surface area contributed by atoms with E-state index in [1.54, 1.807) is 6.07 Å². The number of hydrogen-bond acceptors (Lipinski definition) is 5. The molecule has 0 fully saturated rings. The number of benzene rings is 1. The molecule has 1 aromatic heterocycles. The molecule has 0 bridgehead atoms. The molecule has 0 saturated heterocycles. The Labute approximate surface area is 101 Å². The van der Waals surface area contributed by atoms with Gasteiger partial charge >= 0.3 is 0 Å². The van der Waals surface area contributed by atoms with E-state index in [-0.39, 0.29) is 24.2 Å². The molecule has 92 valence electrons. The highest BCUT2D eigenvalue weighted by molar-refractivity contribution is 5.34. The van der Waals surface area contributed by atoms with Crippen LogP contribution in [0.2, 0.25) is 0 Å². The number of rotatable bonds is 4. The Balaban J connectivity index is 2.03. The van der Waals surface area contributed by atoms with Gasteiger partial charge in [0.05, 0.1) is 18.2 Å². The zero-order valence-electron chi connectivity index (χ0n) is 9.15. The first-order chi connectivity index (χ1) is 8.70. The van der Waals surface area contributed by atoms with Gasteiger partial charge in [-0.1, -0.05) is 5.16 Å². The molecule has 5 nitrogen and oxygen atoms in total. The molecule has 1 N–H and O–H groups in total. The van der Waals surface area contributed by atoms with Crippen LogP contribution in [0.4, 0.5) is 8.78 Å². The molecule has 1 aromatic carbocycles. The molecule has 2 aromatic rings. The average molecular weight is 250 g/mol. The van der Waals surface area contributed by atoms with Gasteiger partial charge in [0.1, 0.15) is 11.6 Å². The molecule has 0 saturated carbocycles. The number of nitrogens with zero attached hydrogens (tertiary/aromatic N) is 3. The summed E-state index contributed by atoms with van der Waals surface area (Å²) < 4.78 is 31.5. The van der Waals surface area contributed by atoms with E-state index in [0.717, 1.165) is 12.1 Å². The van der Waals surface area contributed by atoms with Gasteiger partial charge in [0.2, 0.25) is 6.39 Å². The van der Waals surface area contributed by atoms with Crippen LogP contribution in [0.5, 0.6) is 0 Å². The highest BCUT2D eigenvalue weighted by Gasteiger charge is 2.11. The van der Waals surface area contributed by atoms with Crippen LogP contribution in [0.1, 0.15) is 17.0 Å². The SMILES string of the molecule is N#Cc1cc(F)c(CNCc2ncon2)c(F)c1. The highest BCUT2D eigenvalue weighted by atomic mass is 19.1. The van der Waals surface area contributed by atoms with E-state index < -0.39 is 11.6 Å². The summed E-state index contributed by atoms with van der Waals surface area (Å²) in [5.41, 5.74) is -0.176. The standard InChI is InChI=1S/C11H8F2N4O/c12-9-1-7(3-14)2-10(13)8(9)4-15-5-11-16-6-18-17-11/h1-2,6,15H,4-5H2. The maximum atomic E-state index is 13.5. The predicted octanol–water partition coefficient (Wildman–Crippen LogP) is 1.51. The van der Waals surface area contributed by atoms with Crippen molar-refractivity contribution in [2.45, 2.75) is 13.1 Å². The van der Waals surface area contributed by atoms with Crippen molar-refractivity contribution in [3.05, 3.63) is 47.1 Å². The molecule has 1 heterocycles. The van der Waals surface area contributed by atoms with E-state index in [0.29, 0.717) is 5.82 Å². The molecular formula is C11H8F2N4O. The number of halogens is 2. The molecule has 0 aliphatic rings. The Morgan fingerprint density at radius 3 is 2.56 bits per heavy atom. The van der Waals surface area contributed by atoms with Crippen molar-refractivity contribution in [3.63, 3.8) is 0 Å². The van der Waals surface area contributed by atoms with E-state index >= 15 is 0 Å². The largest absolute Gasteiger partial charge is 0.343 e. The Kier molecular flexibility index (Phi) is 3.60. The minimum absolute atomic E-state index is 0.0298. The van der Waals surface area contributed by atoms with Crippen molar-refractivity contribution in [2.24, 2.45) is 0 Å². The van der Waals surface area contributed by atoms with Gasteiger partial charge in [0.15, 0.2) is 5.82 Å². The van der Waals surface area contributed by atoms with E-state index in [1.165, 1.54) is 6.39 Å². The van der Waals surface area contributed by atoms with Gasteiger partial charge in [-0.2, -0.15) is 10.2 Å². The van der Waals surface area contributed by atoms with Crippen molar-refractivity contribution < 1.29 is 13.3 Å². The molecule has 0 radical (unpaired) electrons. The molecule has 0 atom stereocenters. The maximum absolute atomic E-state index is 13.5. The van der Waals surface area contributed by atoms with E-state index in [2.05, 4.69) is 20.0 Å². The third-order valence-electron chi connectivity index (χ3n) is 2.26. The van der Waals surface area contributed by atoms with Crippen LogP contribution in [-0.4, -0.2) is 10.1 Å². The molecule has 7 heteroatoms. The zero-order chi connectivity index (χ0) is 13.0. The second kappa shape index (κ2) is 5.33. The highest BCUT2D eigenvalue weighted by Crippen LogP contribution is 2.14. The lowest BCUT2D eigenvalue weighted by Crippen LogP contribution is -2.16. The summed E-state index contributed by atoms with van der Waals surface area (Å²) in [6, 6.07) is 3.67. The van der Waals surface area contributed by atoms with Crippen molar-refractivity contribution >= 4 is 0 Å². The van der Waals surface area contributed by atoms with E-state index in [9.17, 15) is 8.78 Å². The molecule has 18 heavy (non-hydrogen) atoms. The van der Waals surface area contributed by atoms with Crippen LogP contribution in [0, 0.1) is 23.0 Å². The van der Waals surface area contributed by atoms with Crippen molar-refractivity contribution in [3.8, 4) is 6.07 Å². The van der Waals surface area contributed by atoms with Crippen LogP contribution in [0.3, 0.4) is 0 Å². The number of nitriles is 1. The van der Waals surface area contributed by atoms with Gasteiger partial charge in [0, 0.05) is 12.1 Å². The second-order valence-electron chi connectivity index (χ2n) is 3.48. The Hall–Kier alpha value is -2.33. The van der Waals surface area contributed by atoms with Gasteiger partial charge in [0.25, 0.3) is 0 Å². The van der Waals surface area contributed by atoms with Crippen LogP contribution in [0.25, 0.3) is 0 Å². The Bertz CT molecular complexity index is 554. The summed E-state index contributed by atoms with van der Waals surface area (Å²) in [6.45, 7) is 0.202. The average Bonchev–Trinajstić information content (AvgIpc) is 2.85. The maximum Gasteiger partial charge on any atom is 0.213 e. The molecule has 0 unspecified atom stereocenters. The van der Waals surface area contributed by atoms with Gasteiger partial charge in [-0.3, -0.25) is 0 Å². The smallest absolute Gasteiger partial charge is 0.213 e. The Morgan fingerprint density at radius 2 is 2.00 bits per heavy atom. The first-order valence-corrected chi connectivity index (χ1v) is 5.04. The fourth-order valence-electron chi connectivity index (χ4n) is 1.41. The van der Waals surface area contributed by atoms with Gasteiger partial charge in [-0.15, -0.1) is 0 Å². The molecule has 0 aliphatic carbocycles. The lowest BCUT2D eigenvalue weighted by molar-refractivity contribution is 0.406. The second-order valence-corrected chi connectivity index (χ2v) is 3.48. The normalized spacial score (nSPS) is 10.3. The van der Waals surface area contributed by atoms with E-state index in [4.69, 9.17) is 5.26 Å². The minimum atomic E-state index is -0.757. The summed E-state index contributed by atoms with van der Waals surface area (Å²) in [7, 11) is 0. The van der Waals surface area contributed by atoms with Crippen LogP contribution in [0.15, 0.2) is 23.0 Å². The number of nitrogens with one attached hydrogen (secondary N) is 1. The summed E-state index contributed by atoms with van der Waals surface area (Å²) in [5.74, 6) is -1.12. The third kappa shape index (κ3) is 2.67. The van der Waals surface area contributed by atoms with Gasteiger partial charge < -0.3 is 9.84 Å². The predicted molar refractivity (Wildman–Crippen MR) is 55.9 cm³/mol. The molecular weight excluding hydrogens is 242 g/mol. The minimum Gasteiger partial charge on any atom is -0.343 e. The summed E-state index contributed by atoms with van der Waals surface area (Å²) >= 11 is 0. The summed E-state index contributed by atoms with van der Waals surface area (Å²) in [4.78, 5) is 3.75. The van der Waals surface area contributed by atoms with Gasteiger partial charge in [-0.25, -0.2) is 8.78 Å². The lowest BCUT2D eigenvalue weighted by Gasteiger charge is -2.06. The summed E-state index contributed by atoms with van der Waals surface area (Å²) in [6.07, 6.45) is 1.17. The van der Waals surface area contributed by atoms with E-state index in [1.807, 2.05) is 0 Å². The monoisotopic (exact) mass is 250 g/mol. The van der Waals surface area contributed by atoms with Crippen molar-refractivity contribution in [2.75, 3.05) is 0 Å². The first-order valence-electron chi connectivity index (χ1n) is 5.04. The molecule has 0 aliphatic heterocycles. The fourth-order valence-corrected chi connectivity index (χ4v) is 1.41. The van der Waals surface area contributed by atoms with Crippen LogP contribution in [-0.2, 0) is 13.1 Å². The Morgan fingerprint density at radius 1 is 1.28 bits per heavy atom.